The van der Waals surface area contributed by atoms with Crippen molar-refractivity contribution in [2.75, 3.05) is 25.5 Å². The van der Waals surface area contributed by atoms with Gasteiger partial charge in [0.15, 0.2) is 0 Å². The average Bonchev–Trinajstić information content (AvgIpc) is 2.72. The maximum atomic E-state index is 12.3. The molecule has 0 aromatic heterocycles. The average molecular weight is 375 g/mol. The van der Waals surface area contributed by atoms with E-state index in [-0.39, 0.29) is 18.2 Å². The highest BCUT2D eigenvalue weighted by atomic mass is 16.2. The van der Waals surface area contributed by atoms with E-state index < -0.39 is 0 Å². The van der Waals surface area contributed by atoms with Crippen molar-refractivity contribution in [3.05, 3.63) is 77.9 Å². The molecule has 0 aliphatic heterocycles. The summed E-state index contributed by atoms with van der Waals surface area (Å²) in [5, 5.41) is 7.82. The van der Waals surface area contributed by atoms with E-state index in [9.17, 15) is 9.59 Å². The van der Waals surface area contributed by atoms with Crippen LogP contribution in [0, 0.1) is 0 Å². The summed E-state index contributed by atoms with van der Waals surface area (Å²) in [6, 6.07) is 21.5. The molecule has 0 saturated carbocycles. The van der Waals surface area contributed by atoms with Crippen LogP contribution in [0.4, 0.5) is 5.69 Å². The number of carbonyl (C=O) groups is 2. The molecule has 3 aromatic rings. The lowest BCUT2D eigenvalue weighted by molar-refractivity contribution is -0.121. The Balaban J connectivity index is 1.45. The van der Waals surface area contributed by atoms with Crippen LogP contribution >= 0.6 is 0 Å². The second-order valence-electron chi connectivity index (χ2n) is 6.91. The van der Waals surface area contributed by atoms with Gasteiger partial charge in [-0.25, -0.2) is 0 Å². The van der Waals surface area contributed by atoms with Crippen LogP contribution in [0.2, 0.25) is 0 Å². The fourth-order valence-electron chi connectivity index (χ4n) is 2.96. The van der Waals surface area contributed by atoms with Gasteiger partial charge in [0.2, 0.25) is 5.91 Å². The molecule has 5 heteroatoms. The Bertz CT molecular complexity index is 982. The van der Waals surface area contributed by atoms with E-state index in [1.165, 1.54) is 0 Å². The molecule has 0 heterocycles. The highest BCUT2D eigenvalue weighted by Crippen LogP contribution is 2.15. The quantitative estimate of drug-likeness (QED) is 0.666. The van der Waals surface area contributed by atoms with Gasteiger partial charge in [0.25, 0.3) is 5.91 Å². The van der Waals surface area contributed by atoms with Crippen molar-refractivity contribution in [1.29, 1.82) is 0 Å². The molecular formula is C23H25N3O2. The Kier molecular flexibility index (Phi) is 6.27. The molecule has 0 saturated heterocycles. The Hall–Kier alpha value is -3.34. The minimum absolute atomic E-state index is 0.0888. The number of benzene rings is 3. The lowest BCUT2D eigenvalue weighted by atomic mass is 10.1. The van der Waals surface area contributed by atoms with Gasteiger partial charge < -0.3 is 15.5 Å². The predicted molar refractivity (Wildman–Crippen MR) is 114 cm³/mol. The van der Waals surface area contributed by atoms with Crippen LogP contribution < -0.4 is 15.5 Å². The summed E-state index contributed by atoms with van der Waals surface area (Å²) in [6.07, 6.45) is 0.243. The molecule has 0 aliphatic rings. The Morgan fingerprint density at radius 2 is 1.64 bits per heavy atom. The fraction of sp³-hybridized carbons (Fsp3) is 0.217. The van der Waals surface area contributed by atoms with E-state index in [1.54, 1.807) is 6.07 Å². The van der Waals surface area contributed by atoms with Crippen LogP contribution in [0.25, 0.3) is 10.8 Å². The first-order chi connectivity index (χ1) is 13.5. The van der Waals surface area contributed by atoms with Crippen LogP contribution in [0.5, 0.6) is 0 Å². The SMILES string of the molecule is CN(C)c1cccc(CNC(=O)CCNC(=O)c2ccc3ccccc3c2)c1. The smallest absolute Gasteiger partial charge is 0.251 e. The van der Waals surface area contributed by atoms with Crippen molar-refractivity contribution in [1.82, 2.24) is 10.6 Å². The van der Waals surface area contributed by atoms with Gasteiger partial charge in [0.1, 0.15) is 0 Å². The van der Waals surface area contributed by atoms with E-state index >= 15 is 0 Å². The summed E-state index contributed by atoms with van der Waals surface area (Å²) in [4.78, 5) is 26.4. The van der Waals surface area contributed by atoms with Crippen LogP contribution in [-0.4, -0.2) is 32.5 Å². The van der Waals surface area contributed by atoms with Crippen LogP contribution in [0.15, 0.2) is 66.7 Å². The number of amides is 2. The largest absolute Gasteiger partial charge is 0.378 e. The lowest BCUT2D eigenvalue weighted by Crippen LogP contribution is -2.30. The predicted octanol–water partition coefficient (Wildman–Crippen LogP) is 3.34. The molecule has 0 spiro atoms. The number of nitrogens with one attached hydrogen (secondary N) is 2. The third-order valence-corrected chi connectivity index (χ3v) is 4.57. The van der Waals surface area contributed by atoms with Gasteiger partial charge in [-0.3, -0.25) is 9.59 Å². The number of carbonyl (C=O) groups excluding carboxylic acids is 2. The minimum atomic E-state index is -0.169. The zero-order valence-electron chi connectivity index (χ0n) is 16.2. The number of rotatable bonds is 7. The topological polar surface area (TPSA) is 61.4 Å². The minimum Gasteiger partial charge on any atom is -0.378 e. The molecule has 5 nitrogen and oxygen atoms in total. The molecule has 0 bridgehead atoms. The summed E-state index contributed by atoms with van der Waals surface area (Å²) in [6.45, 7) is 0.772. The molecule has 0 radical (unpaired) electrons. The van der Waals surface area contributed by atoms with E-state index in [0.717, 1.165) is 22.0 Å². The lowest BCUT2D eigenvalue weighted by Gasteiger charge is -2.14. The summed E-state index contributed by atoms with van der Waals surface area (Å²) in [7, 11) is 3.96. The summed E-state index contributed by atoms with van der Waals surface area (Å²) in [5.74, 6) is -0.258. The standard InChI is InChI=1S/C23H25N3O2/c1-26(2)21-9-5-6-17(14-21)16-25-22(27)12-13-24-23(28)20-11-10-18-7-3-4-8-19(18)15-20/h3-11,14-15H,12-13,16H2,1-2H3,(H,24,28)(H,25,27). The van der Waals surface area contributed by atoms with Gasteiger partial charge >= 0.3 is 0 Å². The van der Waals surface area contributed by atoms with Gasteiger partial charge in [-0.05, 0) is 40.6 Å². The molecule has 2 amide bonds. The van der Waals surface area contributed by atoms with Gasteiger partial charge in [0, 0.05) is 44.9 Å². The van der Waals surface area contributed by atoms with Crippen molar-refractivity contribution in [2.45, 2.75) is 13.0 Å². The number of hydrogen-bond acceptors (Lipinski definition) is 3. The van der Waals surface area contributed by atoms with Crippen molar-refractivity contribution < 1.29 is 9.59 Å². The molecule has 0 fully saturated rings. The van der Waals surface area contributed by atoms with Crippen LogP contribution in [0.1, 0.15) is 22.3 Å². The van der Waals surface area contributed by atoms with Crippen molar-refractivity contribution in [3.63, 3.8) is 0 Å². The highest BCUT2D eigenvalue weighted by molar-refractivity contribution is 5.98. The molecule has 0 unspecified atom stereocenters. The Labute approximate surface area is 165 Å². The zero-order chi connectivity index (χ0) is 19.9. The van der Waals surface area contributed by atoms with Crippen LogP contribution in [0.3, 0.4) is 0 Å². The Morgan fingerprint density at radius 1 is 0.857 bits per heavy atom. The maximum Gasteiger partial charge on any atom is 0.251 e. The number of hydrogen-bond donors (Lipinski definition) is 2. The second-order valence-corrected chi connectivity index (χ2v) is 6.91. The summed E-state index contributed by atoms with van der Waals surface area (Å²) < 4.78 is 0. The van der Waals surface area contributed by atoms with Crippen molar-refractivity contribution in [3.8, 4) is 0 Å². The first-order valence-corrected chi connectivity index (χ1v) is 9.33. The van der Waals surface area contributed by atoms with Gasteiger partial charge in [0.05, 0.1) is 0 Å². The first kappa shape index (κ1) is 19.4. The van der Waals surface area contributed by atoms with E-state index in [4.69, 9.17) is 0 Å². The van der Waals surface area contributed by atoms with Gasteiger partial charge in [-0.1, -0.05) is 42.5 Å². The first-order valence-electron chi connectivity index (χ1n) is 9.33. The maximum absolute atomic E-state index is 12.3. The highest BCUT2D eigenvalue weighted by Gasteiger charge is 2.08. The molecule has 3 aromatic carbocycles. The van der Waals surface area contributed by atoms with E-state index in [1.807, 2.05) is 79.7 Å². The molecule has 0 aliphatic carbocycles. The monoisotopic (exact) mass is 375 g/mol. The zero-order valence-corrected chi connectivity index (χ0v) is 16.2. The van der Waals surface area contributed by atoms with Gasteiger partial charge in [-0.2, -0.15) is 0 Å². The van der Waals surface area contributed by atoms with Crippen molar-refractivity contribution in [2.24, 2.45) is 0 Å². The summed E-state index contributed by atoms with van der Waals surface area (Å²) >= 11 is 0. The number of anilines is 1. The fourth-order valence-corrected chi connectivity index (χ4v) is 2.96. The molecule has 0 atom stereocenters. The second kappa shape index (κ2) is 9.04. The molecule has 28 heavy (non-hydrogen) atoms. The van der Waals surface area contributed by atoms with Crippen LogP contribution in [-0.2, 0) is 11.3 Å². The van der Waals surface area contributed by atoms with Crippen molar-refractivity contribution >= 4 is 28.3 Å². The molecule has 3 rings (SSSR count). The Morgan fingerprint density at radius 3 is 2.43 bits per heavy atom. The summed E-state index contributed by atoms with van der Waals surface area (Å²) in [5.41, 5.74) is 2.73. The van der Waals surface area contributed by atoms with E-state index in [0.29, 0.717) is 18.7 Å². The molecular weight excluding hydrogens is 350 g/mol. The third kappa shape index (κ3) is 5.10. The molecule has 144 valence electrons. The normalized spacial score (nSPS) is 10.5. The number of fused-ring (bicyclic) bond motifs is 1. The van der Waals surface area contributed by atoms with Gasteiger partial charge in [-0.15, -0.1) is 0 Å². The molecule has 2 N–H and O–H groups in total. The van der Waals surface area contributed by atoms with E-state index in [2.05, 4.69) is 10.6 Å². The third-order valence-electron chi connectivity index (χ3n) is 4.57. The number of nitrogens with zero attached hydrogens (tertiary/aromatic N) is 1.